The Labute approximate surface area is 162 Å². The fourth-order valence-corrected chi connectivity index (χ4v) is 4.43. The summed E-state index contributed by atoms with van der Waals surface area (Å²) in [5, 5.41) is 15.1. The van der Waals surface area contributed by atoms with E-state index in [1.54, 1.807) is 0 Å². The average Bonchev–Trinajstić information content (AvgIpc) is 3.11. The average molecular weight is 403 g/mol. The number of sulfonamides is 1. The summed E-state index contributed by atoms with van der Waals surface area (Å²) in [4.78, 5) is 0. The van der Waals surface area contributed by atoms with Crippen LogP contribution in [0.15, 0.2) is 26.1 Å². The van der Waals surface area contributed by atoms with E-state index in [0.717, 1.165) is 55.5 Å². The van der Waals surface area contributed by atoms with Crippen molar-refractivity contribution < 1.29 is 17.3 Å². The van der Waals surface area contributed by atoms with Crippen LogP contribution in [0.1, 0.15) is 60.9 Å². The zero-order chi connectivity index (χ0) is 19.1. The highest BCUT2D eigenvalue weighted by Gasteiger charge is 2.30. The van der Waals surface area contributed by atoms with Gasteiger partial charge in [-0.15, -0.1) is 10.2 Å². The van der Waals surface area contributed by atoms with Gasteiger partial charge >= 0.3 is 0 Å². The molecule has 1 saturated carbocycles. The molecule has 0 spiro atoms. The Morgan fingerprint density at radius 2 is 1.96 bits per heavy atom. The van der Waals surface area contributed by atoms with Gasteiger partial charge in [0.1, 0.15) is 0 Å². The van der Waals surface area contributed by atoms with Crippen LogP contribution >= 0.6 is 0 Å². The van der Waals surface area contributed by atoms with Gasteiger partial charge in [-0.1, -0.05) is 6.42 Å². The number of rotatable bonds is 6. The summed E-state index contributed by atoms with van der Waals surface area (Å²) in [6, 6.07) is 2.92. The quantitative estimate of drug-likeness (QED) is 0.606. The molecule has 0 aliphatic heterocycles. The normalized spacial score (nSPS) is 17.4. The molecule has 10 heteroatoms. The first-order valence-corrected chi connectivity index (χ1v) is 11.1. The number of hydrogen-bond donors (Lipinski definition) is 2. The number of furan rings is 1. The predicted octanol–water partition coefficient (Wildman–Crippen LogP) is 2.68. The highest BCUT2D eigenvalue weighted by molar-refractivity contribution is 7.89. The van der Waals surface area contributed by atoms with E-state index in [4.69, 9.17) is 8.83 Å². The Hall–Kier alpha value is -2.46. The highest BCUT2D eigenvalue weighted by atomic mass is 32.2. The molecule has 2 aliphatic carbocycles. The van der Waals surface area contributed by atoms with Gasteiger partial charge in [0.05, 0.1) is 12.2 Å². The zero-order valence-corrected chi connectivity index (χ0v) is 16.1. The molecule has 0 aromatic carbocycles. The maximum atomic E-state index is 12.6. The minimum absolute atomic E-state index is 0.122. The first kappa shape index (κ1) is 17.6. The molecule has 3 heterocycles. The van der Waals surface area contributed by atoms with Crippen LogP contribution in [0.25, 0.3) is 11.7 Å². The Balaban J connectivity index is 1.30. The number of fused-ring (bicyclic) bond motifs is 1. The van der Waals surface area contributed by atoms with Crippen LogP contribution in [0.2, 0.25) is 0 Å². The molecule has 2 N–H and O–H groups in total. The van der Waals surface area contributed by atoms with Crippen molar-refractivity contribution in [2.45, 2.75) is 62.5 Å². The van der Waals surface area contributed by atoms with Gasteiger partial charge in [0.15, 0.2) is 5.76 Å². The van der Waals surface area contributed by atoms with Crippen molar-refractivity contribution in [3.8, 4) is 11.7 Å². The minimum Gasteiger partial charge on any atom is -0.438 e. The molecule has 28 heavy (non-hydrogen) atoms. The lowest BCUT2D eigenvalue weighted by atomic mass is 10.1. The summed E-state index contributed by atoms with van der Waals surface area (Å²) < 4.78 is 38.9. The number of aryl methyl sites for hydroxylation is 1. The second-order valence-corrected chi connectivity index (χ2v) is 9.05. The molecule has 0 atom stereocenters. The van der Waals surface area contributed by atoms with Crippen molar-refractivity contribution in [1.82, 2.24) is 25.1 Å². The van der Waals surface area contributed by atoms with E-state index in [1.807, 2.05) is 0 Å². The van der Waals surface area contributed by atoms with E-state index < -0.39 is 10.0 Å². The molecule has 148 valence electrons. The second kappa shape index (κ2) is 6.85. The molecular weight excluding hydrogens is 382 g/mol. The lowest BCUT2D eigenvalue weighted by Gasteiger charge is -2.04. The highest BCUT2D eigenvalue weighted by Crippen LogP contribution is 2.40. The molecular formula is C18H21N5O4S. The van der Waals surface area contributed by atoms with E-state index in [2.05, 4.69) is 25.1 Å². The molecule has 2 aliphatic rings. The predicted molar refractivity (Wildman–Crippen MR) is 97.8 cm³/mol. The van der Waals surface area contributed by atoms with Crippen LogP contribution in [0, 0.1) is 0 Å². The van der Waals surface area contributed by atoms with Crippen molar-refractivity contribution >= 4 is 10.0 Å². The fourth-order valence-electron chi connectivity index (χ4n) is 3.52. The Morgan fingerprint density at radius 1 is 1.11 bits per heavy atom. The van der Waals surface area contributed by atoms with Crippen molar-refractivity contribution in [2.24, 2.45) is 0 Å². The summed E-state index contributed by atoms with van der Waals surface area (Å²) in [5.74, 6) is 1.34. The van der Waals surface area contributed by atoms with Gasteiger partial charge in [0, 0.05) is 11.6 Å². The first-order chi connectivity index (χ1) is 13.6. The molecule has 3 aromatic heterocycles. The smallest absolute Gasteiger partial charge is 0.283 e. The lowest BCUT2D eigenvalue weighted by molar-refractivity contribution is 0.431. The molecule has 5 rings (SSSR count). The van der Waals surface area contributed by atoms with Gasteiger partial charge < -0.3 is 8.83 Å². The molecule has 3 aromatic rings. The molecule has 0 bridgehead atoms. The van der Waals surface area contributed by atoms with Crippen LogP contribution < -0.4 is 4.72 Å². The Morgan fingerprint density at radius 3 is 2.82 bits per heavy atom. The fraction of sp³-hybridized carbons (Fsp3) is 0.500. The third-order valence-corrected chi connectivity index (χ3v) is 6.52. The lowest BCUT2D eigenvalue weighted by Crippen LogP contribution is -2.23. The Kier molecular flexibility index (Phi) is 4.31. The Bertz CT molecular complexity index is 1090. The summed E-state index contributed by atoms with van der Waals surface area (Å²) in [7, 11) is -3.82. The maximum absolute atomic E-state index is 12.6. The summed E-state index contributed by atoms with van der Waals surface area (Å²) >= 11 is 0. The number of H-pyrrole nitrogens is 1. The summed E-state index contributed by atoms with van der Waals surface area (Å²) in [6.07, 6.45) is 7.38. The van der Waals surface area contributed by atoms with Crippen molar-refractivity contribution in [3.63, 3.8) is 0 Å². The van der Waals surface area contributed by atoms with E-state index in [-0.39, 0.29) is 23.3 Å². The van der Waals surface area contributed by atoms with E-state index >= 15 is 0 Å². The molecule has 0 unspecified atom stereocenters. The number of aromatic amines is 1. The standard InChI is InChI=1S/C18H21N5O4S/c24-28(25,19-10-14-12-4-2-1-3-5-13(12)20-21-14)16-9-8-15(26-16)18-23-22-17(27-18)11-6-7-11/h8-9,11,19H,1-7,10H2,(H,20,21). The van der Waals surface area contributed by atoms with Crippen LogP contribution in [0.5, 0.6) is 0 Å². The van der Waals surface area contributed by atoms with E-state index in [9.17, 15) is 8.42 Å². The number of hydrogen-bond acceptors (Lipinski definition) is 7. The van der Waals surface area contributed by atoms with Gasteiger partial charge in [0.25, 0.3) is 15.9 Å². The molecule has 0 radical (unpaired) electrons. The van der Waals surface area contributed by atoms with E-state index in [0.29, 0.717) is 11.8 Å². The van der Waals surface area contributed by atoms with E-state index in [1.165, 1.54) is 18.6 Å². The van der Waals surface area contributed by atoms with Gasteiger partial charge in [-0.3, -0.25) is 5.10 Å². The number of aromatic nitrogens is 4. The van der Waals surface area contributed by atoms with Crippen molar-refractivity contribution in [1.29, 1.82) is 0 Å². The SMILES string of the molecule is O=S(=O)(NCc1n[nH]c2c1CCCCC2)c1ccc(-c2nnc(C3CC3)o2)o1. The molecule has 9 nitrogen and oxygen atoms in total. The third-order valence-electron chi connectivity index (χ3n) is 5.25. The minimum atomic E-state index is -3.82. The monoisotopic (exact) mass is 403 g/mol. The van der Waals surface area contributed by atoms with Gasteiger partial charge in [0.2, 0.25) is 11.0 Å². The number of nitrogens with zero attached hydrogens (tertiary/aromatic N) is 3. The summed E-state index contributed by atoms with van der Waals surface area (Å²) in [5.41, 5.74) is 3.01. The van der Waals surface area contributed by atoms with Crippen LogP contribution in [-0.4, -0.2) is 28.8 Å². The zero-order valence-electron chi connectivity index (χ0n) is 15.3. The maximum Gasteiger partial charge on any atom is 0.283 e. The third kappa shape index (κ3) is 3.37. The van der Waals surface area contributed by atoms with Gasteiger partial charge in [-0.2, -0.15) is 5.10 Å². The molecule has 1 fully saturated rings. The van der Waals surface area contributed by atoms with Crippen LogP contribution in [0.4, 0.5) is 0 Å². The van der Waals surface area contributed by atoms with Crippen molar-refractivity contribution in [2.75, 3.05) is 0 Å². The second-order valence-electron chi connectivity index (χ2n) is 7.35. The molecule has 0 saturated heterocycles. The largest absolute Gasteiger partial charge is 0.438 e. The first-order valence-electron chi connectivity index (χ1n) is 9.58. The topological polar surface area (TPSA) is 127 Å². The van der Waals surface area contributed by atoms with Gasteiger partial charge in [-0.25, -0.2) is 13.1 Å². The van der Waals surface area contributed by atoms with Crippen molar-refractivity contribution in [3.05, 3.63) is 35.0 Å². The van der Waals surface area contributed by atoms with Crippen LogP contribution in [0.3, 0.4) is 0 Å². The molecule has 0 amide bonds. The van der Waals surface area contributed by atoms with Crippen LogP contribution in [-0.2, 0) is 29.4 Å². The van der Waals surface area contributed by atoms with Gasteiger partial charge in [-0.05, 0) is 56.2 Å². The summed E-state index contributed by atoms with van der Waals surface area (Å²) in [6.45, 7) is 0.122. The number of nitrogens with one attached hydrogen (secondary N) is 2.